The summed E-state index contributed by atoms with van der Waals surface area (Å²) in [6.45, 7) is 1.67. The largest absolute Gasteiger partial charge is 0.433 e. The highest BCUT2D eigenvalue weighted by molar-refractivity contribution is 6.11. The molecule has 3 aromatic heterocycles. The number of amides is 2. The lowest BCUT2D eigenvalue weighted by atomic mass is 10.1. The van der Waals surface area contributed by atoms with Gasteiger partial charge in [0.15, 0.2) is 5.69 Å². The molecule has 2 amide bonds. The maximum atomic E-state index is 13.9. The summed E-state index contributed by atoms with van der Waals surface area (Å²) in [6.07, 6.45) is -4.98. The molecule has 5 aromatic rings. The third-order valence-electron chi connectivity index (χ3n) is 6.79. The lowest BCUT2D eigenvalue weighted by Gasteiger charge is -2.14. The minimum Gasteiger partial charge on any atom is -0.365 e. The van der Waals surface area contributed by atoms with Crippen molar-refractivity contribution < 1.29 is 27.3 Å². The van der Waals surface area contributed by atoms with Gasteiger partial charge in [0.2, 0.25) is 5.76 Å². The van der Waals surface area contributed by atoms with Crippen molar-refractivity contribution in [2.24, 2.45) is 7.05 Å². The summed E-state index contributed by atoms with van der Waals surface area (Å²) in [7, 11) is 2.76. The van der Waals surface area contributed by atoms with Crippen molar-refractivity contribution in [1.82, 2.24) is 24.4 Å². The quantitative estimate of drug-likeness (QED) is 0.299. The van der Waals surface area contributed by atoms with Crippen LogP contribution in [0.4, 0.5) is 18.9 Å². The number of carbonyl (C=O) groups excluding carboxylic acids is 2. The highest BCUT2D eigenvalue weighted by atomic mass is 19.4. The van der Waals surface area contributed by atoms with Gasteiger partial charge in [0.1, 0.15) is 22.8 Å². The number of alkyl halides is 3. The molecule has 224 valence electrons. The molecule has 0 spiro atoms. The van der Waals surface area contributed by atoms with E-state index < -0.39 is 45.9 Å². The van der Waals surface area contributed by atoms with Gasteiger partial charge in [0.05, 0.1) is 11.1 Å². The van der Waals surface area contributed by atoms with Gasteiger partial charge in [-0.2, -0.15) is 23.2 Å². The van der Waals surface area contributed by atoms with Crippen molar-refractivity contribution in [2.45, 2.75) is 19.6 Å². The molecule has 0 aliphatic rings. The van der Waals surface area contributed by atoms with Gasteiger partial charge in [-0.05, 0) is 48.9 Å². The van der Waals surface area contributed by atoms with Gasteiger partial charge < -0.3 is 15.2 Å². The molecule has 5 rings (SSSR count). The Morgan fingerprint density at radius 3 is 2.36 bits per heavy atom. The number of benzene rings is 2. The van der Waals surface area contributed by atoms with E-state index in [4.69, 9.17) is 4.52 Å². The molecule has 44 heavy (non-hydrogen) atoms. The lowest BCUT2D eigenvalue weighted by Crippen LogP contribution is -2.21. The smallest absolute Gasteiger partial charge is 0.365 e. The van der Waals surface area contributed by atoms with Crippen molar-refractivity contribution in [3.63, 3.8) is 0 Å². The maximum Gasteiger partial charge on any atom is 0.433 e. The van der Waals surface area contributed by atoms with Crippen molar-refractivity contribution in [1.29, 1.82) is 5.26 Å². The number of nitrogens with one attached hydrogen (secondary N) is 2. The van der Waals surface area contributed by atoms with E-state index in [-0.39, 0.29) is 40.3 Å². The van der Waals surface area contributed by atoms with Crippen molar-refractivity contribution in [3.05, 3.63) is 98.0 Å². The lowest BCUT2D eigenvalue weighted by molar-refractivity contribution is -0.141. The molecule has 0 saturated heterocycles. The molecule has 0 fully saturated rings. The topological polar surface area (TPSA) is 157 Å². The molecule has 3 heterocycles. The first kappa shape index (κ1) is 29.6. The van der Waals surface area contributed by atoms with Crippen LogP contribution in [0.1, 0.15) is 39.2 Å². The van der Waals surface area contributed by atoms with Crippen molar-refractivity contribution in [2.75, 3.05) is 12.4 Å². The summed E-state index contributed by atoms with van der Waals surface area (Å²) in [6, 6.07) is 13.9. The first-order chi connectivity index (χ1) is 20.9. The van der Waals surface area contributed by atoms with E-state index in [1.807, 2.05) is 0 Å². The third-order valence-corrected chi connectivity index (χ3v) is 6.79. The van der Waals surface area contributed by atoms with Crippen LogP contribution in [0.3, 0.4) is 0 Å². The minimum absolute atomic E-state index is 0.00314. The normalized spacial score (nSPS) is 11.4. The number of hydrogen-bond donors (Lipinski definition) is 2. The van der Waals surface area contributed by atoms with E-state index in [1.54, 1.807) is 13.0 Å². The summed E-state index contributed by atoms with van der Waals surface area (Å²) in [4.78, 5) is 55.2. The number of rotatable bonds is 6. The molecule has 0 radical (unpaired) electrons. The molecule has 0 unspecified atom stereocenters. The highest BCUT2D eigenvalue weighted by Crippen LogP contribution is 2.31. The molecule has 12 nitrogen and oxygen atoms in total. The van der Waals surface area contributed by atoms with E-state index in [0.29, 0.717) is 11.6 Å². The highest BCUT2D eigenvalue weighted by Gasteiger charge is 2.36. The predicted molar refractivity (Wildman–Crippen MR) is 151 cm³/mol. The van der Waals surface area contributed by atoms with E-state index >= 15 is 0 Å². The van der Waals surface area contributed by atoms with Crippen LogP contribution in [0.2, 0.25) is 0 Å². The summed E-state index contributed by atoms with van der Waals surface area (Å²) >= 11 is 0. The summed E-state index contributed by atoms with van der Waals surface area (Å²) in [5.41, 5.74) is -2.83. The molecular weight excluding hydrogens is 583 g/mol. The number of aryl methyl sites for hydroxylation is 2. The SMILES string of the molecule is CCn1c2c(C(=O)Nc3cccc(C(=O)NC)c3)nc(C(F)(F)F)cc2c(=O)n1-c1ccc(-c2c(C#N)on(C)c2=O)cc1. The van der Waals surface area contributed by atoms with Crippen LogP contribution in [-0.4, -0.2) is 37.9 Å². The maximum absolute atomic E-state index is 13.9. The Bertz CT molecular complexity index is 2110. The number of carbonyl (C=O) groups is 2. The number of halogens is 3. The van der Waals surface area contributed by atoms with Crippen LogP contribution in [0.5, 0.6) is 0 Å². The van der Waals surface area contributed by atoms with Crippen LogP contribution in [0.25, 0.3) is 27.7 Å². The average Bonchev–Trinajstić information content (AvgIpc) is 3.47. The molecule has 0 aliphatic heterocycles. The number of aromatic nitrogens is 4. The van der Waals surface area contributed by atoms with E-state index in [0.717, 1.165) is 9.42 Å². The first-order valence-electron chi connectivity index (χ1n) is 13.0. The molecule has 0 saturated carbocycles. The van der Waals surface area contributed by atoms with Crippen molar-refractivity contribution in [3.8, 4) is 22.9 Å². The van der Waals surface area contributed by atoms with E-state index in [2.05, 4.69) is 15.6 Å². The standard InChI is InChI=1S/C29H22F3N7O5/c1-4-38-24-19(27(42)39(38)18-10-8-15(9-11-18)22-20(14-33)44-37(3)28(22)43)13-21(29(30,31)32)36-23(24)26(41)35-17-7-5-6-16(12-17)25(40)34-2/h5-13H,4H2,1-3H3,(H,34,40)(H,35,41). The second kappa shape index (κ2) is 11.1. The number of nitrogens with zero attached hydrogens (tertiary/aromatic N) is 5. The van der Waals surface area contributed by atoms with Crippen LogP contribution in [-0.2, 0) is 19.8 Å². The summed E-state index contributed by atoms with van der Waals surface area (Å²) in [5.74, 6) is -1.70. The molecule has 2 N–H and O–H groups in total. The molecule has 0 atom stereocenters. The summed E-state index contributed by atoms with van der Waals surface area (Å²) < 4.78 is 50.1. The molecule has 0 aliphatic carbocycles. The van der Waals surface area contributed by atoms with Crippen LogP contribution in [0.15, 0.2) is 68.7 Å². The number of fused-ring (bicyclic) bond motifs is 1. The Hall–Kier alpha value is -5.91. The van der Waals surface area contributed by atoms with Gasteiger partial charge >= 0.3 is 6.18 Å². The van der Waals surface area contributed by atoms with Gasteiger partial charge in [0.25, 0.3) is 22.9 Å². The Morgan fingerprint density at radius 1 is 1.05 bits per heavy atom. The molecule has 15 heteroatoms. The van der Waals surface area contributed by atoms with E-state index in [1.165, 1.54) is 67.3 Å². The van der Waals surface area contributed by atoms with Crippen LogP contribution in [0, 0.1) is 11.3 Å². The minimum atomic E-state index is -4.98. The number of anilines is 1. The molecule has 2 aromatic carbocycles. The fraction of sp³-hybridized carbons (Fsp3) is 0.172. The Labute approximate surface area is 245 Å². The van der Waals surface area contributed by atoms with Gasteiger partial charge in [-0.1, -0.05) is 18.2 Å². The Balaban J connectivity index is 1.67. The Kier molecular flexibility index (Phi) is 7.43. The Morgan fingerprint density at radius 2 is 1.75 bits per heavy atom. The van der Waals surface area contributed by atoms with Gasteiger partial charge in [-0.25, -0.2) is 9.67 Å². The van der Waals surface area contributed by atoms with Crippen LogP contribution >= 0.6 is 0 Å². The average molecular weight is 606 g/mol. The second-order valence-electron chi connectivity index (χ2n) is 9.45. The third kappa shape index (κ3) is 5.02. The first-order valence-corrected chi connectivity index (χ1v) is 13.0. The van der Waals surface area contributed by atoms with Gasteiger partial charge in [-0.3, -0.25) is 23.9 Å². The fourth-order valence-corrected chi connectivity index (χ4v) is 4.80. The van der Waals surface area contributed by atoms with Gasteiger partial charge in [0, 0.05) is 31.9 Å². The fourth-order valence-electron chi connectivity index (χ4n) is 4.80. The zero-order chi connectivity index (χ0) is 31.9. The number of hydrogen-bond acceptors (Lipinski definition) is 7. The van der Waals surface area contributed by atoms with Crippen LogP contribution < -0.4 is 21.8 Å². The number of pyridine rings is 1. The van der Waals surface area contributed by atoms with E-state index in [9.17, 15) is 37.6 Å². The zero-order valence-electron chi connectivity index (χ0n) is 23.3. The molecular formula is C29H22F3N7O5. The monoisotopic (exact) mass is 605 g/mol. The second-order valence-corrected chi connectivity index (χ2v) is 9.45. The van der Waals surface area contributed by atoms with Gasteiger partial charge in [-0.15, -0.1) is 0 Å². The summed E-state index contributed by atoms with van der Waals surface area (Å²) in [5, 5.41) is 13.9. The van der Waals surface area contributed by atoms with Crippen molar-refractivity contribution >= 4 is 28.4 Å². The molecule has 0 bridgehead atoms. The predicted octanol–water partition coefficient (Wildman–Crippen LogP) is 3.67. The zero-order valence-corrected chi connectivity index (χ0v) is 23.3. The number of nitriles is 1.